The number of aliphatic hydroxyl groups is 2. The number of rotatable bonds is 14. The molecule has 0 aromatic rings. The van der Waals surface area contributed by atoms with Crippen LogP contribution < -0.4 is 0 Å². The zero-order chi connectivity index (χ0) is 16.7. The van der Waals surface area contributed by atoms with E-state index in [1.54, 1.807) is 12.2 Å². The van der Waals surface area contributed by atoms with E-state index in [0.29, 0.717) is 12.8 Å². The van der Waals surface area contributed by atoms with Gasteiger partial charge >= 0.3 is 6.16 Å². The van der Waals surface area contributed by atoms with Crippen LogP contribution in [0, 0.1) is 0 Å². The van der Waals surface area contributed by atoms with Gasteiger partial charge in [-0.1, -0.05) is 12.2 Å². The second kappa shape index (κ2) is 13.3. The Morgan fingerprint density at radius 2 is 1.55 bits per heavy atom. The van der Waals surface area contributed by atoms with Gasteiger partial charge in [0, 0.05) is 12.8 Å². The summed E-state index contributed by atoms with van der Waals surface area (Å²) in [5.74, 6) is 0. The first-order valence-electron chi connectivity index (χ1n) is 7.09. The quantitative estimate of drug-likeness (QED) is 0.281. The first kappa shape index (κ1) is 20.6. The summed E-state index contributed by atoms with van der Waals surface area (Å²) >= 11 is 0. The Labute approximate surface area is 131 Å². The lowest BCUT2D eigenvalue weighted by Gasteiger charge is -2.30. The smallest absolute Gasteiger partial charge is 0.432 e. The van der Waals surface area contributed by atoms with Crippen LogP contribution in [-0.4, -0.2) is 68.2 Å². The normalized spacial score (nSPS) is 11.0. The van der Waals surface area contributed by atoms with E-state index in [-0.39, 0.29) is 46.2 Å². The molecule has 0 heterocycles. The van der Waals surface area contributed by atoms with Crippen molar-refractivity contribution in [3.05, 3.63) is 25.3 Å². The molecule has 0 unspecified atom stereocenters. The molecule has 0 aliphatic heterocycles. The van der Waals surface area contributed by atoms with E-state index in [0.717, 1.165) is 0 Å². The van der Waals surface area contributed by atoms with E-state index in [4.69, 9.17) is 29.2 Å². The predicted octanol–water partition coefficient (Wildman–Crippen LogP) is 1.05. The Kier molecular flexibility index (Phi) is 12.4. The minimum absolute atomic E-state index is 0.0224. The van der Waals surface area contributed by atoms with Crippen LogP contribution in [-0.2, 0) is 18.9 Å². The van der Waals surface area contributed by atoms with Gasteiger partial charge in [0.15, 0.2) is 0 Å². The Morgan fingerprint density at radius 3 is 2.09 bits per heavy atom. The highest BCUT2D eigenvalue weighted by Gasteiger charge is 2.33. The monoisotopic (exact) mass is 318 g/mol. The third kappa shape index (κ3) is 9.51. The van der Waals surface area contributed by atoms with Gasteiger partial charge in [-0.15, -0.1) is 13.2 Å². The topological polar surface area (TPSA) is 94.5 Å². The maximum absolute atomic E-state index is 11.8. The van der Waals surface area contributed by atoms with Crippen molar-refractivity contribution < 1.29 is 34.0 Å². The molecule has 0 rings (SSSR count). The van der Waals surface area contributed by atoms with Crippen LogP contribution in [0.5, 0.6) is 0 Å². The van der Waals surface area contributed by atoms with Crippen molar-refractivity contribution in [2.75, 3.05) is 46.2 Å². The van der Waals surface area contributed by atoms with E-state index in [9.17, 15) is 4.79 Å². The van der Waals surface area contributed by atoms with Crippen LogP contribution in [0.4, 0.5) is 4.79 Å². The first-order valence-corrected chi connectivity index (χ1v) is 7.09. The Morgan fingerprint density at radius 1 is 0.955 bits per heavy atom. The fraction of sp³-hybridized carbons (Fsp3) is 0.667. The molecule has 128 valence electrons. The molecule has 7 heteroatoms. The number of carbonyl (C=O) groups is 1. The highest BCUT2D eigenvalue weighted by Crippen LogP contribution is 2.23. The molecular weight excluding hydrogens is 292 g/mol. The van der Waals surface area contributed by atoms with Crippen LogP contribution in [0.2, 0.25) is 0 Å². The average molecular weight is 318 g/mol. The summed E-state index contributed by atoms with van der Waals surface area (Å²) in [4.78, 5) is 11.8. The molecule has 0 fully saturated rings. The van der Waals surface area contributed by atoms with Gasteiger partial charge in [0.1, 0.15) is 12.2 Å². The number of hydrogen-bond acceptors (Lipinski definition) is 7. The summed E-state index contributed by atoms with van der Waals surface area (Å²) in [5.41, 5.74) is -0.957. The summed E-state index contributed by atoms with van der Waals surface area (Å²) in [6, 6.07) is 0. The van der Waals surface area contributed by atoms with Crippen molar-refractivity contribution in [3.63, 3.8) is 0 Å². The zero-order valence-corrected chi connectivity index (χ0v) is 12.9. The van der Waals surface area contributed by atoms with E-state index >= 15 is 0 Å². The zero-order valence-electron chi connectivity index (χ0n) is 12.9. The van der Waals surface area contributed by atoms with Crippen molar-refractivity contribution in [3.8, 4) is 0 Å². The van der Waals surface area contributed by atoms with E-state index < -0.39 is 11.8 Å². The third-order valence-corrected chi connectivity index (χ3v) is 2.62. The van der Waals surface area contributed by atoms with Gasteiger partial charge in [-0.05, 0) is 0 Å². The molecule has 7 nitrogen and oxygen atoms in total. The molecule has 0 radical (unpaired) electrons. The second-order valence-corrected chi connectivity index (χ2v) is 4.48. The number of aliphatic hydroxyl groups excluding tert-OH is 2. The average Bonchev–Trinajstić information content (AvgIpc) is 2.48. The Balaban J connectivity index is 4.42. The molecule has 0 atom stereocenters. The van der Waals surface area contributed by atoms with Crippen LogP contribution in [0.15, 0.2) is 25.3 Å². The highest BCUT2D eigenvalue weighted by molar-refractivity contribution is 5.60. The van der Waals surface area contributed by atoms with Crippen molar-refractivity contribution in [1.29, 1.82) is 0 Å². The third-order valence-electron chi connectivity index (χ3n) is 2.62. The summed E-state index contributed by atoms with van der Waals surface area (Å²) in [6.07, 6.45) is 3.11. The Hall–Kier alpha value is -1.41. The van der Waals surface area contributed by atoms with Crippen molar-refractivity contribution in [2.45, 2.75) is 18.4 Å². The van der Waals surface area contributed by atoms with Crippen molar-refractivity contribution in [1.82, 2.24) is 0 Å². The van der Waals surface area contributed by atoms with E-state index in [1.165, 1.54) is 0 Å². The summed E-state index contributed by atoms with van der Waals surface area (Å²) in [7, 11) is 0. The van der Waals surface area contributed by atoms with Crippen LogP contribution in [0.25, 0.3) is 0 Å². The molecule has 0 saturated heterocycles. The minimum Gasteiger partial charge on any atom is -0.432 e. The van der Waals surface area contributed by atoms with Gasteiger partial charge in [-0.2, -0.15) is 0 Å². The summed E-state index contributed by atoms with van der Waals surface area (Å²) < 4.78 is 20.5. The lowest BCUT2D eigenvalue weighted by Crippen LogP contribution is -2.40. The maximum atomic E-state index is 11.8. The van der Waals surface area contributed by atoms with Crippen molar-refractivity contribution in [2.24, 2.45) is 0 Å². The molecule has 0 aliphatic rings. The highest BCUT2D eigenvalue weighted by atomic mass is 16.7. The number of ether oxygens (including phenoxy) is 4. The van der Waals surface area contributed by atoms with Crippen LogP contribution in [0.3, 0.4) is 0 Å². The van der Waals surface area contributed by atoms with Gasteiger partial charge in [0.05, 0.1) is 39.6 Å². The summed E-state index contributed by atoms with van der Waals surface area (Å²) in [5, 5.41) is 17.3. The van der Waals surface area contributed by atoms with E-state index in [1.807, 2.05) is 0 Å². The molecule has 0 aromatic carbocycles. The van der Waals surface area contributed by atoms with Crippen LogP contribution >= 0.6 is 0 Å². The number of carbonyl (C=O) groups excluding carboxylic acids is 1. The fourth-order valence-electron chi connectivity index (χ4n) is 1.72. The van der Waals surface area contributed by atoms with Gasteiger partial charge < -0.3 is 29.2 Å². The molecule has 0 spiro atoms. The maximum Gasteiger partial charge on any atom is 0.509 e. The molecule has 0 aliphatic carbocycles. The Bertz CT molecular complexity index is 307. The minimum atomic E-state index is -0.957. The molecule has 22 heavy (non-hydrogen) atoms. The lowest BCUT2D eigenvalue weighted by molar-refractivity contribution is -0.0844. The SMILES string of the molecule is C=CCC(CC=C)(COCCO)OC(=O)OCCOCCO. The lowest BCUT2D eigenvalue weighted by atomic mass is 9.96. The predicted molar refractivity (Wildman–Crippen MR) is 80.6 cm³/mol. The fourth-order valence-corrected chi connectivity index (χ4v) is 1.72. The first-order chi connectivity index (χ1) is 10.6. The van der Waals surface area contributed by atoms with Gasteiger partial charge in [0.25, 0.3) is 0 Å². The van der Waals surface area contributed by atoms with Crippen molar-refractivity contribution >= 4 is 6.16 Å². The second-order valence-electron chi connectivity index (χ2n) is 4.48. The van der Waals surface area contributed by atoms with Gasteiger partial charge in [0.2, 0.25) is 0 Å². The van der Waals surface area contributed by atoms with Crippen LogP contribution in [0.1, 0.15) is 12.8 Å². The molecule has 0 amide bonds. The molecule has 2 N–H and O–H groups in total. The molecule has 0 bridgehead atoms. The van der Waals surface area contributed by atoms with Gasteiger partial charge in [-0.25, -0.2) is 4.79 Å². The summed E-state index contributed by atoms with van der Waals surface area (Å²) in [6.45, 7) is 7.70. The molecular formula is C15H26O7. The molecule has 0 saturated carbocycles. The molecule has 0 aromatic heterocycles. The number of hydrogen-bond donors (Lipinski definition) is 2. The van der Waals surface area contributed by atoms with E-state index in [2.05, 4.69) is 13.2 Å². The van der Waals surface area contributed by atoms with Gasteiger partial charge in [-0.3, -0.25) is 0 Å². The largest absolute Gasteiger partial charge is 0.509 e. The standard InChI is InChI=1S/C15H26O7/c1-3-5-15(6-4-2,13-20-10-8-17)22-14(18)21-12-11-19-9-7-16/h3-4,16-17H,1-2,5-13H2.